The summed E-state index contributed by atoms with van der Waals surface area (Å²) in [5.74, 6) is 0.504. The highest BCUT2D eigenvalue weighted by Gasteiger charge is 2.18. The molecule has 5 aromatic rings. The van der Waals surface area contributed by atoms with Gasteiger partial charge in [-0.05, 0) is 12.1 Å². The Hall–Kier alpha value is -3.53. The third-order valence-corrected chi connectivity index (χ3v) is 5.84. The molecule has 0 aliphatic carbocycles. The number of nitrogens with zero attached hydrogens (tertiary/aromatic N) is 6. The number of aryl methyl sites for hydroxylation is 1. The molecule has 0 aromatic carbocycles. The fourth-order valence-corrected chi connectivity index (χ4v) is 4.50. The lowest BCUT2D eigenvalue weighted by Crippen LogP contribution is -2.25. The number of fused-ring (bicyclic) bond motifs is 3. The van der Waals surface area contributed by atoms with E-state index in [1.807, 2.05) is 29.8 Å². The van der Waals surface area contributed by atoms with Gasteiger partial charge in [0.15, 0.2) is 5.65 Å². The van der Waals surface area contributed by atoms with Crippen molar-refractivity contribution in [2.24, 2.45) is 7.05 Å². The summed E-state index contributed by atoms with van der Waals surface area (Å²) >= 11 is 1.57. The van der Waals surface area contributed by atoms with Crippen LogP contribution < -0.4 is 10.3 Å². The summed E-state index contributed by atoms with van der Waals surface area (Å²) < 4.78 is 9.37. The number of hydrogen-bond donors (Lipinski definition) is 1. The van der Waals surface area contributed by atoms with Crippen LogP contribution in [0.25, 0.3) is 21.3 Å². The first kappa shape index (κ1) is 17.6. The number of nitrogens with one attached hydrogen (secondary N) is 1. The lowest BCUT2D eigenvalue weighted by atomic mass is 10.3. The van der Waals surface area contributed by atoms with Crippen LogP contribution in [0.3, 0.4) is 0 Å². The number of thiazole rings is 1. The van der Waals surface area contributed by atoms with Crippen molar-refractivity contribution in [3.05, 3.63) is 63.4 Å². The van der Waals surface area contributed by atoms with Crippen molar-refractivity contribution in [2.45, 2.75) is 13.0 Å². The smallest absolute Gasteiger partial charge is 0.291 e. The molecule has 0 atom stereocenters. The first-order chi connectivity index (χ1) is 14.1. The second-order valence-electron chi connectivity index (χ2n) is 6.60. The minimum absolute atomic E-state index is 0.173. The summed E-state index contributed by atoms with van der Waals surface area (Å²) in [4.78, 5) is 22.2. The van der Waals surface area contributed by atoms with Crippen LogP contribution in [-0.2, 0) is 20.0 Å². The first-order valence-corrected chi connectivity index (χ1v) is 9.78. The van der Waals surface area contributed by atoms with E-state index in [1.54, 1.807) is 36.9 Å². The van der Waals surface area contributed by atoms with Crippen LogP contribution in [0.4, 0.5) is 0 Å². The third kappa shape index (κ3) is 2.97. The Labute approximate surface area is 168 Å². The zero-order valence-corrected chi connectivity index (χ0v) is 16.6. The minimum Gasteiger partial charge on any atom is -0.481 e. The Kier molecular flexibility index (Phi) is 4.13. The van der Waals surface area contributed by atoms with Crippen LogP contribution in [0.1, 0.15) is 16.4 Å². The van der Waals surface area contributed by atoms with Gasteiger partial charge in [0.2, 0.25) is 5.88 Å². The Morgan fingerprint density at radius 2 is 2.10 bits per heavy atom. The number of hydrogen-bond acceptors (Lipinski definition) is 7. The lowest BCUT2D eigenvalue weighted by molar-refractivity contribution is 0.395. The fourth-order valence-electron chi connectivity index (χ4n) is 3.38. The predicted molar refractivity (Wildman–Crippen MR) is 109 cm³/mol. The van der Waals surface area contributed by atoms with Gasteiger partial charge in [0.1, 0.15) is 10.5 Å². The maximum absolute atomic E-state index is 13.1. The van der Waals surface area contributed by atoms with Crippen molar-refractivity contribution in [3.8, 4) is 5.88 Å². The molecule has 0 saturated heterocycles. The van der Waals surface area contributed by atoms with Crippen molar-refractivity contribution in [3.63, 3.8) is 0 Å². The molecule has 0 aliphatic heterocycles. The zero-order valence-electron chi connectivity index (χ0n) is 15.8. The van der Waals surface area contributed by atoms with Gasteiger partial charge in [-0.25, -0.2) is 14.6 Å². The van der Waals surface area contributed by atoms with Gasteiger partial charge < -0.3 is 9.30 Å². The molecule has 0 unspecified atom stereocenters. The summed E-state index contributed by atoms with van der Waals surface area (Å²) in [7, 11) is 3.42. The van der Waals surface area contributed by atoms with E-state index in [1.165, 1.54) is 4.68 Å². The van der Waals surface area contributed by atoms with E-state index in [-0.39, 0.29) is 12.1 Å². The van der Waals surface area contributed by atoms with E-state index in [9.17, 15) is 4.79 Å². The highest BCUT2D eigenvalue weighted by molar-refractivity contribution is 7.19. The molecule has 5 rings (SSSR count). The Balaban J connectivity index is 1.56. The molecular weight excluding hydrogens is 390 g/mol. The summed E-state index contributed by atoms with van der Waals surface area (Å²) in [6, 6.07) is 7.37. The molecule has 0 spiro atoms. The van der Waals surface area contributed by atoms with Gasteiger partial charge in [0.25, 0.3) is 5.56 Å². The van der Waals surface area contributed by atoms with Crippen molar-refractivity contribution in [1.82, 2.24) is 34.5 Å². The van der Waals surface area contributed by atoms with Crippen molar-refractivity contribution < 1.29 is 4.74 Å². The average molecular weight is 407 g/mol. The number of aromatic amines is 1. The van der Waals surface area contributed by atoms with Gasteiger partial charge in [0, 0.05) is 31.1 Å². The molecule has 146 valence electrons. The molecule has 0 radical (unpaired) electrons. The second-order valence-corrected chi connectivity index (χ2v) is 7.69. The van der Waals surface area contributed by atoms with Crippen LogP contribution in [-0.4, -0.2) is 41.6 Å². The van der Waals surface area contributed by atoms with Gasteiger partial charge >= 0.3 is 0 Å². The molecule has 29 heavy (non-hydrogen) atoms. The van der Waals surface area contributed by atoms with E-state index in [0.29, 0.717) is 23.5 Å². The fraction of sp³-hybridized carbons (Fsp3) is 0.211. The number of rotatable bonds is 5. The van der Waals surface area contributed by atoms with Crippen molar-refractivity contribution in [2.75, 3.05) is 7.11 Å². The summed E-state index contributed by atoms with van der Waals surface area (Å²) in [6.45, 7) is 0.267. The van der Waals surface area contributed by atoms with Gasteiger partial charge in [-0.15, -0.1) is 11.3 Å². The van der Waals surface area contributed by atoms with Crippen LogP contribution in [0.5, 0.6) is 5.88 Å². The maximum atomic E-state index is 13.1. The van der Waals surface area contributed by atoms with Gasteiger partial charge in [0.05, 0.1) is 35.9 Å². The molecule has 0 bridgehead atoms. The Morgan fingerprint density at radius 1 is 1.21 bits per heavy atom. The maximum Gasteiger partial charge on any atom is 0.291 e. The Morgan fingerprint density at radius 3 is 2.90 bits per heavy atom. The number of H-pyrrole nitrogens is 1. The molecular formula is C19H17N7O2S. The molecule has 0 amide bonds. The predicted octanol–water partition coefficient (Wildman–Crippen LogP) is 2.11. The first-order valence-electron chi connectivity index (χ1n) is 8.96. The third-order valence-electron chi connectivity index (χ3n) is 4.76. The van der Waals surface area contributed by atoms with Crippen molar-refractivity contribution >= 4 is 32.6 Å². The van der Waals surface area contributed by atoms with Crippen molar-refractivity contribution in [1.29, 1.82) is 0 Å². The molecule has 0 saturated carbocycles. The van der Waals surface area contributed by atoms with E-state index in [4.69, 9.17) is 9.72 Å². The highest BCUT2D eigenvalue weighted by atomic mass is 32.1. The standard InChI is InChI=1S/C19H17N7O2S/c1-25-16-13(17-18(25)23-15(29-17)8-11-6-7-20-24-11)9-21-26(19(16)27)10-12-4-3-5-14(22-12)28-2/h3-7,9H,8,10H2,1-2H3,(H,20,24). The summed E-state index contributed by atoms with van der Waals surface area (Å²) in [5.41, 5.74) is 2.83. The van der Waals surface area contributed by atoms with Crippen LogP contribution in [0, 0.1) is 0 Å². The van der Waals surface area contributed by atoms with Crippen LogP contribution in [0.15, 0.2) is 41.5 Å². The number of ether oxygens (including phenoxy) is 1. The van der Waals surface area contributed by atoms with E-state index in [2.05, 4.69) is 20.3 Å². The average Bonchev–Trinajstić information content (AvgIpc) is 3.44. The largest absolute Gasteiger partial charge is 0.481 e. The number of pyridine rings is 1. The number of aromatic nitrogens is 7. The number of methoxy groups -OCH3 is 1. The van der Waals surface area contributed by atoms with Gasteiger partial charge in [-0.2, -0.15) is 10.2 Å². The highest BCUT2D eigenvalue weighted by Crippen LogP contribution is 2.31. The Bertz CT molecular complexity index is 1380. The summed E-state index contributed by atoms with van der Waals surface area (Å²) in [5, 5.41) is 13.1. The van der Waals surface area contributed by atoms with Crippen LogP contribution in [0.2, 0.25) is 0 Å². The molecule has 1 N–H and O–H groups in total. The molecule has 9 nitrogen and oxygen atoms in total. The molecule has 10 heteroatoms. The SMILES string of the molecule is COc1cccc(Cn2ncc3c4sc(Cc5cc[nH]n5)nc4n(C)c3c2=O)n1. The molecule has 5 heterocycles. The molecule has 0 aliphatic rings. The van der Waals surface area contributed by atoms with Gasteiger partial charge in [-0.1, -0.05) is 6.07 Å². The van der Waals surface area contributed by atoms with E-state index in [0.717, 1.165) is 26.4 Å². The summed E-state index contributed by atoms with van der Waals surface area (Å²) in [6.07, 6.45) is 4.17. The van der Waals surface area contributed by atoms with E-state index >= 15 is 0 Å². The normalized spacial score (nSPS) is 11.5. The topological polar surface area (TPSA) is 104 Å². The van der Waals surface area contributed by atoms with E-state index < -0.39 is 0 Å². The van der Waals surface area contributed by atoms with Crippen LogP contribution >= 0.6 is 11.3 Å². The second kappa shape index (κ2) is 6.82. The zero-order chi connectivity index (χ0) is 20.0. The minimum atomic E-state index is -0.173. The quantitative estimate of drug-likeness (QED) is 0.479. The van der Waals surface area contributed by atoms with Gasteiger partial charge in [-0.3, -0.25) is 9.89 Å². The molecule has 5 aromatic heterocycles. The lowest BCUT2D eigenvalue weighted by Gasteiger charge is -2.06. The molecule has 0 fully saturated rings. The monoisotopic (exact) mass is 407 g/mol.